The van der Waals surface area contributed by atoms with Crippen LogP contribution in [0.1, 0.15) is 37.7 Å². The standard InChI is InChI=1S/C16H21N5O/c1-2-14(13-7-4-3-5-8-13)15-9-6-10-21(15)16(22)11-20-12-17-18-19-20/h3-5,7-8,12,14-15H,2,6,9-11H2,1H3/t14-,15-/m1/s1. The summed E-state index contributed by atoms with van der Waals surface area (Å²) < 4.78 is 1.49. The van der Waals surface area contributed by atoms with E-state index in [1.54, 1.807) is 0 Å². The number of benzene rings is 1. The molecule has 1 aliphatic heterocycles. The Hall–Kier alpha value is -2.24. The van der Waals surface area contributed by atoms with Gasteiger partial charge in [-0.25, -0.2) is 4.68 Å². The van der Waals surface area contributed by atoms with Crippen molar-refractivity contribution in [1.29, 1.82) is 0 Å². The second-order valence-electron chi connectivity index (χ2n) is 5.73. The molecule has 2 heterocycles. The molecule has 3 rings (SSSR count). The van der Waals surface area contributed by atoms with Crippen LogP contribution in [0.2, 0.25) is 0 Å². The van der Waals surface area contributed by atoms with Crippen molar-refractivity contribution in [2.45, 2.75) is 44.7 Å². The van der Waals surface area contributed by atoms with Gasteiger partial charge >= 0.3 is 0 Å². The third-order valence-electron chi connectivity index (χ3n) is 4.44. The average molecular weight is 299 g/mol. The predicted molar refractivity (Wildman–Crippen MR) is 82.0 cm³/mol. The first-order valence-electron chi connectivity index (χ1n) is 7.84. The lowest BCUT2D eigenvalue weighted by Crippen LogP contribution is -2.41. The molecule has 0 spiro atoms. The van der Waals surface area contributed by atoms with Gasteiger partial charge < -0.3 is 4.90 Å². The molecule has 1 aromatic carbocycles. The summed E-state index contributed by atoms with van der Waals surface area (Å²) in [5.41, 5.74) is 1.32. The van der Waals surface area contributed by atoms with Gasteiger partial charge in [-0.3, -0.25) is 4.79 Å². The quantitative estimate of drug-likeness (QED) is 0.845. The van der Waals surface area contributed by atoms with Gasteiger partial charge in [0.25, 0.3) is 0 Å². The fraction of sp³-hybridized carbons (Fsp3) is 0.500. The molecule has 6 heteroatoms. The molecule has 1 fully saturated rings. The fourth-order valence-corrected chi connectivity index (χ4v) is 3.43. The van der Waals surface area contributed by atoms with Gasteiger partial charge in [0.1, 0.15) is 12.9 Å². The van der Waals surface area contributed by atoms with Gasteiger partial charge in [0.05, 0.1) is 0 Å². The van der Waals surface area contributed by atoms with Crippen LogP contribution in [0, 0.1) is 0 Å². The molecular formula is C16H21N5O. The highest BCUT2D eigenvalue weighted by Gasteiger charge is 2.34. The molecule has 0 bridgehead atoms. The zero-order valence-corrected chi connectivity index (χ0v) is 12.8. The van der Waals surface area contributed by atoms with Crippen LogP contribution in [0.3, 0.4) is 0 Å². The molecule has 1 aliphatic rings. The van der Waals surface area contributed by atoms with E-state index in [4.69, 9.17) is 0 Å². The Morgan fingerprint density at radius 1 is 1.36 bits per heavy atom. The van der Waals surface area contributed by atoms with E-state index in [2.05, 4.69) is 46.7 Å². The van der Waals surface area contributed by atoms with E-state index in [0.29, 0.717) is 5.92 Å². The third-order valence-corrected chi connectivity index (χ3v) is 4.44. The summed E-state index contributed by atoms with van der Waals surface area (Å²) in [5, 5.41) is 10.9. The van der Waals surface area contributed by atoms with Crippen molar-refractivity contribution < 1.29 is 4.79 Å². The van der Waals surface area contributed by atoms with Crippen LogP contribution in [0.25, 0.3) is 0 Å². The summed E-state index contributed by atoms with van der Waals surface area (Å²) in [7, 11) is 0. The Kier molecular flexibility index (Phi) is 4.46. The van der Waals surface area contributed by atoms with E-state index in [9.17, 15) is 4.79 Å². The smallest absolute Gasteiger partial charge is 0.244 e. The fourth-order valence-electron chi connectivity index (χ4n) is 3.43. The van der Waals surface area contributed by atoms with Crippen molar-refractivity contribution in [2.75, 3.05) is 6.54 Å². The van der Waals surface area contributed by atoms with Gasteiger partial charge in [-0.1, -0.05) is 37.3 Å². The zero-order chi connectivity index (χ0) is 15.4. The highest BCUT2D eigenvalue weighted by Crippen LogP contribution is 2.33. The summed E-state index contributed by atoms with van der Waals surface area (Å²) >= 11 is 0. The van der Waals surface area contributed by atoms with E-state index >= 15 is 0 Å². The first-order valence-corrected chi connectivity index (χ1v) is 7.84. The summed E-state index contributed by atoms with van der Waals surface area (Å²) in [6, 6.07) is 10.8. The monoisotopic (exact) mass is 299 g/mol. The minimum Gasteiger partial charge on any atom is -0.337 e. The molecule has 0 N–H and O–H groups in total. The van der Waals surface area contributed by atoms with Gasteiger partial charge in [0, 0.05) is 18.5 Å². The summed E-state index contributed by atoms with van der Waals surface area (Å²) in [6.07, 6.45) is 4.64. The number of carbonyl (C=O) groups is 1. The van der Waals surface area contributed by atoms with Crippen LogP contribution in [0.5, 0.6) is 0 Å². The summed E-state index contributed by atoms with van der Waals surface area (Å²) in [4.78, 5) is 14.6. The van der Waals surface area contributed by atoms with E-state index in [1.165, 1.54) is 16.6 Å². The van der Waals surface area contributed by atoms with Crippen LogP contribution < -0.4 is 0 Å². The Balaban J connectivity index is 1.75. The number of likely N-dealkylation sites (tertiary alicyclic amines) is 1. The van der Waals surface area contributed by atoms with E-state index in [-0.39, 0.29) is 18.5 Å². The lowest BCUT2D eigenvalue weighted by Gasteiger charge is -2.31. The van der Waals surface area contributed by atoms with Crippen molar-refractivity contribution >= 4 is 5.91 Å². The molecule has 0 radical (unpaired) electrons. The highest BCUT2D eigenvalue weighted by atomic mass is 16.2. The van der Waals surface area contributed by atoms with E-state index in [1.807, 2.05) is 11.0 Å². The molecular weight excluding hydrogens is 278 g/mol. The normalized spacial score (nSPS) is 19.3. The van der Waals surface area contributed by atoms with Gasteiger partial charge in [0.2, 0.25) is 5.91 Å². The van der Waals surface area contributed by atoms with Crippen LogP contribution in [-0.2, 0) is 11.3 Å². The van der Waals surface area contributed by atoms with Crippen LogP contribution >= 0.6 is 0 Å². The van der Waals surface area contributed by atoms with Gasteiger partial charge in [-0.2, -0.15) is 0 Å². The molecule has 116 valence electrons. The molecule has 22 heavy (non-hydrogen) atoms. The lowest BCUT2D eigenvalue weighted by molar-refractivity contribution is -0.133. The van der Waals surface area contributed by atoms with Crippen molar-refractivity contribution in [1.82, 2.24) is 25.1 Å². The van der Waals surface area contributed by atoms with Crippen LogP contribution in [-0.4, -0.2) is 43.6 Å². The second kappa shape index (κ2) is 6.68. The topological polar surface area (TPSA) is 63.9 Å². The Bertz CT molecular complexity index is 598. The average Bonchev–Trinajstić information content (AvgIpc) is 3.21. The van der Waals surface area contributed by atoms with Crippen molar-refractivity contribution in [3.8, 4) is 0 Å². The third kappa shape index (κ3) is 3.00. The maximum Gasteiger partial charge on any atom is 0.244 e. The van der Waals surface area contributed by atoms with Gasteiger partial charge in [0.15, 0.2) is 0 Å². The summed E-state index contributed by atoms with van der Waals surface area (Å²) in [6.45, 7) is 3.24. The first kappa shape index (κ1) is 14.7. The molecule has 1 amide bonds. The zero-order valence-electron chi connectivity index (χ0n) is 12.8. The molecule has 0 aliphatic carbocycles. The largest absolute Gasteiger partial charge is 0.337 e. The number of hydrogen-bond donors (Lipinski definition) is 0. The molecule has 2 aromatic rings. The number of tetrazole rings is 1. The number of carbonyl (C=O) groups excluding carboxylic acids is 1. The van der Waals surface area contributed by atoms with E-state index < -0.39 is 0 Å². The number of hydrogen-bond acceptors (Lipinski definition) is 4. The number of aromatic nitrogens is 4. The summed E-state index contributed by atoms with van der Waals surface area (Å²) in [5.74, 6) is 0.491. The van der Waals surface area contributed by atoms with Crippen molar-refractivity contribution in [2.24, 2.45) is 0 Å². The van der Waals surface area contributed by atoms with Gasteiger partial charge in [-0.05, 0) is 35.3 Å². The molecule has 0 saturated carbocycles. The molecule has 0 unspecified atom stereocenters. The number of amides is 1. The maximum atomic E-state index is 12.6. The molecule has 6 nitrogen and oxygen atoms in total. The SMILES string of the molecule is CC[C@H](c1ccccc1)[C@H]1CCCN1C(=O)Cn1cnnn1. The number of rotatable bonds is 5. The molecule has 2 atom stereocenters. The Morgan fingerprint density at radius 2 is 2.18 bits per heavy atom. The van der Waals surface area contributed by atoms with E-state index in [0.717, 1.165) is 25.8 Å². The van der Waals surface area contributed by atoms with Gasteiger partial charge in [-0.15, -0.1) is 5.10 Å². The minimum absolute atomic E-state index is 0.101. The predicted octanol–water partition coefficient (Wildman–Crippen LogP) is 1.86. The van der Waals surface area contributed by atoms with Crippen LogP contribution in [0.15, 0.2) is 36.7 Å². The van der Waals surface area contributed by atoms with Crippen molar-refractivity contribution in [3.05, 3.63) is 42.2 Å². The first-order chi connectivity index (χ1) is 10.8. The van der Waals surface area contributed by atoms with Crippen molar-refractivity contribution in [3.63, 3.8) is 0 Å². The Labute approximate surface area is 130 Å². The lowest BCUT2D eigenvalue weighted by atomic mass is 9.87. The molecule has 1 saturated heterocycles. The maximum absolute atomic E-state index is 12.6. The second-order valence-corrected chi connectivity index (χ2v) is 5.73. The number of nitrogens with zero attached hydrogens (tertiary/aromatic N) is 5. The Morgan fingerprint density at radius 3 is 2.86 bits per heavy atom. The highest BCUT2D eigenvalue weighted by molar-refractivity contribution is 5.76. The van der Waals surface area contributed by atoms with Crippen LogP contribution in [0.4, 0.5) is 0 Å². The minimum atomic E-state index is 0.101. The molecule has 1 aromatic heterocycles.